The molecule has 3 rings (SSSR count). The minimum atomic E-state index is -0.248. The Morgan fingerprint density at radius 3 is 2.36 bits per heavy atom. The Morgan fingerprint density at radius 2 is 1.64 bits per heavy atom. The van der Waals surface area contributed by atoms with Gasteiger partial charge in [0.15, 0.2) is 0 Å². The number of carbonyl (C=O) groups is 2. The second-order valence-electron chi connectivity index (χ2n) is 7.15. The molecule has 0 heterocycles. The zero-order chi connectivity index (χ0) is 23.5. The summed E-state index contributed by atoms with van der Waals surface area (Å²) in [6.45, 7) is 0.379. The van der Waals surface area contributed by atoms with Gasteiger partial charge in [0.25, 0.3) is 0 Å². The highest BCUT2D eigenvalue weighted by atomic mass is 79.9. The van der Waals surface area contributed by atoms with E-state index in [0.29, 0.717) is 23.8 Å². The number of amides is 2. The minimum Gasteiger partial charge on any atom is -0.489 e. The summed E-state index contributed by atoms with van der Waals surface area (Å²) in [6, 6.07) is 22.2. The largest absolute Gasteiger partial charge is 0.489 e. The van der Waals surface area contributed by atoms with E-state index in [0.717, 1.165) is 21.3 Å². The number of nitrogens with zero attached hydrogens (tertiary/aromatic N) is 1. The van der Waals surface area contributed by atoms with Crippen LogP contribution in [-0.2, 0) is 16.2 Å². The maximum absolute atomic E-state index is 11.9. The summed E-state index contributed by atoms with van der Waals surface area (Å²) in [5.41, 5.74) is 4.93. The first-order valence-electron chi connectivity index (χ1n) is 10.3. The number of anilines is 1. The lowest BCUT2D eigenvalue weighted by molar-refractivity contribution is -0.121. The van der Waals surface area contributed by atoms with Crippen molar-refractivity contribution < 1.29 is 14.3 Å². The van der Waals surface area contributed by atoms with Crippen LogP contribution in [0, 0.1) is 0 Å². The predicted molar refractivity (Wildman–Crippen MR) is 135 cm³/mol. The van der Waals surface area contributed by atoms with Crippen molar-refractivity contribution in [2.45, 2.75) is 25.9 Å². The van der Waals surface area contributed by atoms with E-state index in [1.165, 1.54) is 0 Å². The molecule has 0 unspecified atom stereocenters. The molecule has 3 aromatic carbocycles. The molecule has 0 aliphatic carbocycles. The number of hydrogen-bond acceptors (Lipinski definition) is 4. The number of hydrogen-bond donors (Lipinski definition) is 2. The molecule has 0 aromatic heterocycles. The molecule has 0 bridgehead atoms. The molecule has 0 aliphatic heterocycles. The first kappa shape index (κ1) is 24.5. The summed E-state index contributed by atoms with van der Waals surface area (Å²) in [4.78, 5) is 23.9. The average Bonchev–Trinajstić information content (AvgIpc) is 2.81. The third-order valence-electron chi connectivity index (χ3n) is 4.57. The summed E-state index contributed by atoms with van der Waals surface area (Å²) in [7, 11) is 0. The topological polar surface area (TPSA) is 79.8 Å². The first-order chi connectivity index (χ1) is 16.0. The van der Waals surface area contributed by atoms with E-state index in [-0.39, 0.29) is 24.7 Å². The van der Waals surface area contributed by atoms with Crippen LogP contribution in [0.5, 0.6) is 5.75 Å². The Hall–Kier alpha value is -3.16. The zero-order valence-corrected chi connectivity index (χ0v) is 20.1. The van der Waals surface area contributed by atoms with Crippen molar-refractivity contribution in [2.75, 3.05) is 5.32 Å². The highest BCUT2D eigenvalue weighted by Crippen LogP contribution is 2.19. The summed E-state index contributed by atoms with van der Waals surface area (Å²) >= 11 is 9.48. The fourth-order valence-corrected chi connectivity index (χ4v) is 3.28. The average molecular weight is 529 g/mol. The van der Waals surface area contributed by atoms with E-state index in [1.807, 2.05) is 60.7 Å². The van der Waals surface area contributed by atoms with Gasteiger partial charge in [-0.05, 0) is 66.6 Å². The molecule has 3 aromatic rings. The number of ether oxygens (including phenoxy) is 1. The highest BCUT2D eigenvalue weighted by Gasteiger charge is 2.05. The predicted octanol–water partition coefficient (Wildman–Crippen LogP) is 5.94. The molecule has 0 spiro atoms. The lowest BCUT2D eigenvalue weighted by Gasteiger charge is -2.07. The summed E-state index contributed by atoms with van der Waals surface area (Å²) in [5.74, 6) is 0.324. The number of benzene rings is 3. The van der Waals surface area contributed by atoms with E-state index in [4.69, 9.17) is 16.3 Å². The molecule has 6 nitrogen and oxygen atoms in total. The molecule has 0 saturated carbocycles. The van der Waals surface area contributed by atoms with Crippen LogP contribution in [0.4, 0.5) is 5.69 Å². The molecule has 33 heavy (non-hydrogen) atoms. The lowest BCUT2D eigenvalue weighted by Crippen LogP contribution is -2.18. The van der Waals surface area contributed by atoms with Gasteiger partial charge in [-0.3, -0.25) is 9.59 Å². The van der Waals surface area contributed by atoms with Crippen molar-refractivity contribution in [1.82, 2.24) is 5.43 Å². The summed E-state index contributed by atoms with van der Waals surface area (Å²) in [6.07, 6.45) is 2.44. The molecule has 0 atom stereocenters. The number of rotatable bonds is 10. The summed E-state index contributed by atoms with van der Waals surface area (Å²) < 4.78 is 6.68. The van der Waals surface area contributed by atoms with Crippen LogP contribution in [0.3, 0.4) is 0 Å². The van der Waals surface area contributed by atoms with Crippen molar-refractivity contribution in [3.8, 4) is 5.75 Å². The Kier molecular flexibility index (Phi) is 9.47. The smallest absolute Gasteiger partial charge is 0.240 e. The quantitative estimate of drug-likeness (QED) is 0.252. The molecule has 2 N–H and O–H groups in total. The molecule has 0 radical (unpaired) electrons. The number of halogens is 2. The molecular weight excluding hydrogens is 506 g/mol. The Balaban J connectivity index is 1.34. The molecular formula is C25H23BrClN3O3. The van der Waals surface area contributed by atoms with Crippen LogP contribution in [0.1, 0.15) is 30.4 Å². The van der Waals surface area contributed by atoms with Gasteiger partial charge in [0, 0.05) is 33.6 Å². The van der Waals surface area contributed by atoms with E-state index in [1.54, 1.807) is 18.3 Å². The van der Waals surface area contributed by atoms with E-state index >= 15 is 0 Å². The van der Waals surface area contributed by atoms with Crippen LogP contribution < -0.4 is 15.5 Å². The second-order valence-corrected chi connectivity index (χ2v) is 8.47. The fourth-order valence-electron chi connectivity index (χ4n) is 2.83. The Labute approximate surface area is 206 Å². The lowest BCUT2D eigenvalue weighted by atomic mass is 10.2. The van der Waals surface area contributed by atoms with Gasteiger partial charge in [-0.25, -0.2) is 5.43 Å². The van der Waals surface area contributed by atoms with Crippen LogP contribution in [-0.4, -0.2) is 18.0 Å². The van der Waals surface area contributed by atoms with Crippen LogP contribution in [0.25, 0.3) is 0 Å². The van der Waals surface area contributed by atoms with Crippen LogP contribution in [0.15, 0.2) is 82.4 Å². The van der Waals surface area contributed by atoms with Crippen molar-refractivity contribution in [2.24, 2.45) is 5.10 Å². The van der Waals surface area contributed by atoms with Gasteiger partial charge >= 0.3 is 0 Å². The van der Waals surface area contributed by atoms with E-state index in [2.05, 4.69) is 31.8 Å². The van der Waals surface area contributed by atoms with Crippen molar-refractivity contribution in [3.05, 3.63) is 93.4 Å². The number of hydrazone groups is 1. The van der Waals surface area contributed by atoms with Crippen molar-refractivity contribution in [3.63, 3.8) is 0 Å². The maximum Gasteiger partial charge on any atom is 0.240 e. The summed E-state index contributed by atoms with van der Waals surface area (Å²) in [5, 5.41) is 7.43. The molecule has 170 valence electrons. The molecule has 8 heteroatoms. The third-order valence-corrected chi connectivity index (χ3v) is 5.47. The molecule has 0 aliphatic rings. The standard InChI is InChI=1S/C25H23BrClN3O3/c26-20-10-12-21(13-11-20)29-24(31)6-3-7-25(32)30-28-16-18-8-14-22(15-9-18)33-17-19-4-1-2-5-23(19)27/h1-2,4-5,8-16H,3,6-7,17H2,(H,29,31)(H,30,32)/b28-16-. The van der Waals surface area contributed by atoms with Crippen LogP contribution in [0.2, 0.25) is 5.02 Å². The SMILES string of the molecule is O=C(CCCC(=O)Nc1ccc(Br)cc1)N/N=C\c1ccc(OCc2ccccc2Cl)cc1. The molecule has 2 amide bonds. The molecule has 0 saturated heterocycles. The van der Waals surface area contributed by atoms with E-state index < -0.39 is 0 Å². The minimum absolute atomic E-state index is 0.134. The Bertz CT molecular complexity index is 1100. The second kappa shape index (κ2) is 12.8. The van der Waals surface area contributed by atoms with Gasteiger partial charge < -0.3 is 10.1 Å². The first-order valence-corrected chi connectivity index (χ1v) is 11.5. The van der Waals surface area contributed by atoms with Gasteiger partial charge in [0.2, 0.25) is 11.8 Å². The van der Waals surface area contributed by atoms with Gasteiger partial charge in [0.1, 0.15) is 12.4 Å². The van der Waals surface area contributed by atoms with Gasteiger partial charge in [-0.15, -0.1) is 0 Å². The monoisotopic (exact) mass is 527 g/mol. The van der Waals surface area contributed by atoms with Gasteiger partial charge in [-0.2, -0.15) is 5.10 Å². The third kappa shape index (κ3) is 8.71. The fraction of sp³-hybridized carbons (Fsp3) is 0.160. The molecule has 0 fully saturated rings. The highest BCUT2D eigenvalue weighted by molar-refractivity contribution is 9.10. The van der Waals surface area contributed by atoms with Gasteiger partial charge in [0.05, 0.1) is 6.21 Å². The van der Waals surface area contributed by atoms with Crippen molar-refractivity contribution >= 4 is 51.2 Å². The number of carbonyl (C=O) groups excluding carboxylic acids is 2. The normalized spacial score (nSPS) is 10.7. The van der Waals surface area contributed by atoms with E-state index in [9.17, 15) is 9.59 Å². The van der Waals surface area contributed by atoms with Crippen LogP contribution >= 0.6 is 27.5 Å². The number of nitrogens with one attached hydrogen (secondary N) is 2. The van der Waals surface area contributed by atoms with Crippen molar-refractivity contribution in [1.29, 1.82) is 0 Å². The van der Waals surface area contributed by atoms with Gasteiger partial charge in [-0.1, -0.05) is 45.7 Å². The maximum atomic E-state index is 11.9. The Morgan fingerprint density at radius 1 is 0.939 bits per heavy atom. The zero-order valence-electron chi connectivity index (χ0n) is 17.8.